The number of hydrogen-bond donors (Lipinski definition) is 5. The first kappa shape index (κ1) is 17.1. The summed E-state index contributed by atoms with van der Waals surface area (Å²) in [5.74, 6) is -1.28. The van der Waals surface area contributed by atoms with Gasteiger partial charge in [0.2, 0.25) is 0 Å². The highest BCUT2D eigenvalue weighted by atomic mass is 32.2. The van der Waals surface area contributed by atoms with Crippen LogP contribution in [-0.2, 0) is 16.0 Å². The number of aryl methyl sites for hydroxylation is 1. The normalized spacial score (nSPS) is 17.6. The Morgan fingerprint density at radius 3 is 2.59 bits per heavy atom. The topological polar surface area (TPSA) is 140 Å². The largest absolute Gasteiger partial charge is 0.505 e. The number of carbonyl (C=O) groups excluding carboxylic acids is 1. The lowest BCUT2D eigenvalue weighted by Crippen LogP contribution is -2.18. The number of nitrogens with one attached hydrogen (secondary N) is 1. The van der Waals surface area contributed by atoms with Crippen molar-refractivity contribution < 1.29 is 29.4 Å². The van der Waals surface area contributed by atoms with E-state index in [1.165, 1.54) is 13.1 Å². The van der Waals surface area contributed by atoms with E-state index >= 15 is 0 Å². The number of amides is 1. The molecule has 0 atom stereocenters. The van der Waals surface area contributed by atoms with E-state index in [9.17, 15) is 29.4 Å². The summed E-state index contributed by atoms with van der Waals surface area (Å²) in [6.45, 7) is 0.804. The third-order valence-electron chi connectivity index (χ3n) is 2.84. The minimum atomic E-state index is -4.96. The van der Waals surface area contributed by atoms with E-state index < -0.39 is 31.2 Å². The molecule has 2 rings (SSSR count). The van der Waals surface area contributed by atoms with Gasteiger partial charge >= 0.3 is 7.60 Å². The van der Waals surface area contributed by atoms with E-state index in [-0.39, 0.29) is 26.0 Å². The van der Waals surface area contributed by atoms with E-state index in [4.69, 9.17) is 12.2 Å². The molecule has 1 saturated heterocycles. The lowest BCUT2D eigenvalue weighted by atomic mass is 10.1. The smallest absolute Gasteiger partial charge is 0.358 e. The van der Waals surface area contributed by atoms with Gasteiger partial charge in [-0.3, -0.25) is 14.3 Å². The van der Waals surface area contributed by atoms with Crippen LogP contribution in [0.25, 0.3) is 5.31 Å². The Labute approximate surface area is 134 Å². The third-order valence-corrected chi connectivity index (χ3v) is 5.26. The van der Waals surface area contributed by atoms with Crippen molar-refractivity contribution in [1.82, 2.24) is 10.3 Å². The first-order chi connectivity index (χ1) is 10.2. The van der Waals surface area contributed by atoms with Crippen molar-refractivity contribution in [2.75, 3.05) is 0 Å². The SMILES string of the molecule is Cc1ncc(CO)c(C(=C2SC(=S)NC2=O)P(=O)(O)O)c1O. The van der Waals surface area contributed by atoms with Gasteiger partial charge in [0.1, 0.15) is 10.1 Å². The minimum Gasteiger partial charge on any atom is -0.505 e. The van der Waals surface area contributed by atoms with Crippen molar-refractivity contribution in [3.8, 4) is 5.75 Å². The minimum absolute atomic E-state index is 0.0138. The van der Waals surface area contributed by atoms with Gasteiger partial charge in [0.15, 0.2) is 0 Å². The van der Waals surface area contributed by atoms with E-state index in [0.29, 0.717) is 11.8 Å². The summed E-state index contributed by atoms with van der Waals surface area (Å²) < 4.78 is 11.9. The summed E-state index contributed by atoms with van der Waals surface area (Å²) in [7, 11) is -4.96. The number of aromatic nitrogens is 1. The quantitative estimate of drug-likeness (QED) is 0.297. The Balaban J connectivity index is 2.87. The van der Waals surface area contributed by atoms with Crippen molar-refractivity contribution >= 4 is 47.1 Å². The average molecular weight is 362 g/mol. The van der Waals surface area contributed by atoms with Crippen LogP contribution in [-0.4, -0.2) is 35.2 Å². The predicted octanol–water partition coefficient (Wildman–Crippen LogP) is 0.582. The maximum atomic E-state index is 11.9. The van der Waals surface area contributed by atoms with Crippen molar-refractivity contribution in [1.29, 1.82) is 0 Å². The molecular formula is C11H11N2O6PS2. The average Bonchev–Trinajstić information content (AvgIpc) is 2.72. The molecule has 1 fully saturated rings. The second kappa shape index (κ2) is 6.07. The Morgan fingerprint density at radius 1 is 1.50 bits per heavy atom. The van der Waals surface area contributed by atoms with Gasteiger partial charge in [0.25, 0.3) is 5.91 Å². The van der Waals surface area contributed by atoms with Crippen LogP contribution in [0.2, 0.25) is 0 Å². The molecule has 0 radical (unpaired) electrons. The van der Waals surface area contributed by atoms with Crippen molar-refractivity contribution in [2.24, 2.45) is 0 Å². The molecule has 0 unspecified atom stereocenters. The number of pyridine rings is 1. The molecule has 1 aromatic rings. The van der Waals surface area contributed by atoms with Crippen LogP contribution in [0.1, 0.15) is 16.8 Å². The van der Waals surface area contributed by atoms with Crippen molar-refractivity contribution in [3.63, 3.8) is 0 Å². The second-order valence-corrected chi connectivity index (χ2v) is 7.54. The van der Waals surface area contributed by atoms with Crippen LogP contribution in [0.5, 0.6) is 5.75 Å². The first-order valence-electron chi connectivity index (χ1n) is 5.79. The van der Waals surface area contributed by atoms with E-state index in [2.05, 4.69) is 10.3 Å². The summed E-state index contributed by atoms with van der Waals surface area (Å²) in [6, 6.07) is 0. The van der Waals surface area contributed by atoms with Crippen LogP contribution in [0.4, 0.5) is 0 Å². The molecule has 1 amide bonds. The number of thiocarbonyl (C=S) groups is 1. The summed E-state index contributed by atoms with van der Waals surface area (Å²) in [6.07, 6.45) is 1.18. The molecule has 5 N–H and O–H groups in total. The summed E-state index contributed by atoms with van der Waals surface area (Å²) >= 11 is 5.49. The predicted molar refractivity (Wildman–Crippen MR) is 83.9 cm³/mol. The highest BCUT2D eigenvalue weighted by Gasteiger charge is 2.37. The summed E-state index contributed by atoms with van der Waals surface area (Å²) in [5, 5.41) is 21.1. The molecule has 1 aliphatic rings. The molecule has 1 aliphatic heterocycles. The molecule has 0 spiro atoms. The molecule has 11 heteroatoms. The molecule has 22 heavy (non-hydrogen) atoms. The zero-order valence-electron chi connectivity index (χ0n) is 11.1. The molecular weight excluding hydrogens is 351 g/mol. The number of aliphatic hydroxyl groups excluding tert-OH is 1. The Morgan fingerprint density at radius 2 is 2.14 bits per heavy atom. The highest BCUT2D eigenvalue weighted by molar-refractivity contribution is 8.27. The zero-order valence-corrected chi connectivity index (χ0v) is 13.6. The van der Waals surface area contributed by atoms with Gasteiger partial charge in [-0.05, 0) is 6.92 Å². The fourth-order valence-corrected chi connectivity index (χ4v) is 4.29. The number of carbonyl (C=O) groups is 1. The fraction of sp³-hybridized carbons (Fsp3) is 0.182. The van der Waals surface area contributed by atoms with Gasteiger partial charge in [-0.15, -0.1) is 0 Å². The lowest BCUT2D eigenvalue weighted by molar-refractivity contribution is -0.115. The lowest BCUT2D eigenvalue weighted by Gasteiger charge is -2.17. The Hall–Kier alpha value is -1.29. The van der Waals surface area contributed by atoms with E-state index in [0.717, 1.165) is 0 Å². The standard InChI is InChI=1S/C11H11N2O6PS2/c1-4-7(15)6(5(3-14)2-12-4)8(20(17,18)19)9-10(16)13-11(21)22-9/h2,14-15H,3H2,1H3,(H,13,16,21)(H2,17,18,19). The van der Waals surface area contributed by atoms with E-state index in [1.54, 1.807) is 0 Å². The van der Waals surface area contributed by atoms with Gasteiger partial charge < -0.3 is 25.3 Å². The summed E-state index contributed by atoms with van der Waals surface area (Å²) in [5.41, 5.74) is -0.212. The van der Waals surface area contributed by atoms with Crippen molar-refractivity contribution in [2.45, 2.75) is 13.5 Å². The number of rotatable bonds is 3. The molecule has 0 bridgehead atoms. The zero-order chi connectivity index (χ0) is 16.7. The van der Waals surface area contributed by atoms with Gasteiger partial charge in [-0.25, -0.2) is 0 Å². The maximum absolute atomic E-state index is 11.9. The molecule has 2 heterocycles. The first-order valence-corrected chi connectivity index (χ1v) is 8.62. The van der Waals surface area contributed by atoms with Crippen molar-refractivity contribution in [3.05, 3.63) is 27.9 Å². The number of nitrogens with zero attached hydrogens (tertiary/aromatic N) is 1. The van der Waals surface area contributed by atoms with Crippen LogP contribution in [0.15, 0.2) is 11.1 Å². The van der Waals surface area contributed by atoms with Gasteiger partial charge in [-0.2, -0.15) is 0 Å². The summed E-state index contributed by atoms with van der Waals surface area (Å²) in [4.78, 5) is 34.6. The molecule has 0 saturated carbocycles. The van der Waals surface area contributed by atoms with Gasteiger partial charge in [0, 0.05) is 17.3 Å². The number of aromatic hydroxyl groups is 1. The molecule has 8 nitrogen and oxygen atoms in total. The highest BCUT2D eigenvalue weighted by Crippen LogP contribution is 2.58. The molecule has 0 aromatic carbocycles. The van der Waals surface area contributed by atoms with Crippen LogP contribution < -0.4 is 5.32 Å². The Kier molecular flexibility index (Phi) is 4.71. The van der Waals surface area contributed by atoms with Gasteiger partial charge in [-0.1, -0.05) is 24.0 Å². The van der Waals surface area contributed by atoms with E-state index in [1.807, 2.05) is 0 Å². The fourth-order valence-electron chi connectivity index (χ4n) is 1.88. The maximum Gasteiger partial charge on any atom is 0.358 e. The molecule has 118 valence electrons. The second-order valence-electron chi connectivity index (χ2n) is 4.32. The number of aliphatic hydroxyl groups is 1. The molecule has 1 aromatic heterocycles. The number of thioether (sulfide) groups is 1. The van der Waals surface area contributed by atoms with Gasteiger partial charge in [0.05, 0.1) is 22.5 Å². The monoisotopic (exact) mass is 362 g/mol. The third kappa shape index (κ3) is 3.07. The van der Waals surface area contributed by atoms with Crippen LogP contribution >= 0.6 is 31.6 Å². The van der Waals surface area contributed by atoms with Crippen LogP contribution in [0.3, 0.4) is 0 Å². The Bertz CT molecular complexity index is 757. The molecule has 0 aliphatic carbocycles. The van der Waals surface area contributed by atoms with Crippen LogP contribution in [0, 0.1) is 6.92 Å². The number of hydrogen-bond acceptors (Lipinski definition) is 7.